The molecule has 4 nitrogen and oxygen atoms in total. The molecule has 0 aromatic heterocycles. The molecule has 62 heavy (non-hydrogen) atoms. The molecule has 0 spiro atoms. The van der Waals surface area contributed by atoms with Crippen LogP contribution in [-0.2, 0) is 10.8 Å². The predicted octanol–water partition coefficient (Wildman–Crippen LogP) is 11.1. The molecular formula is C55H50B3N3O. The molecule has 8 aromatic rings. The van der Waals surface area contributed by atoms with Crippen molar-refractivity contribution in [3.63, 3.8) is 0 Å². The van der Waals surface area contributed by atoms with Crippen LogP contribution < -0.4 is 35.3 Å². The molecule has 2 aliphatic heterocycles. The van der Waals surface area contributed by atoms with E-state index in [2.05, 4.69) is 261 Å². The van der Waals surface area contributed by atoms with Crippen molar-refractivity contribution in [2.45, 2.75) is 45.4 Å². The maximum absolute atomic E-state index is 7.08. The second-order valence-corrected chi connectivity index (χ2v) is 18.1. The van der Waals surface area contributed by atoms with Gasteiger partial charge >= 0.3 is 20.9 Å². The third-order valence-electron chi connectivity index (χ3n) is 12.8. The van der Waals surface area contributed by atoms with E-state index < -0.39 is 0 Å². The van der Waals surface area contributed by atoms with E-state index in [0.717, 1.165) is 39.7 Å². The Morgan fingerprint density at radius 1 is 0.419 bits per heavy atom. The summed E-state index contributed by atoms with van der Waals surface area (Å²) in [6.45, 7) is 10.9. The van der Waals surface area contributed by atoms with Gasteiger partial charge in [-0.2, -0.15) is 0 Å². The zero-order chi connectivity index (χ0) is 42.4. The lowest BCUT2D eigenvalue weighted by molar-refractivity contribution is 0.417. The van der Waals surface area contributed by atoms with Crippen LogP contribution in [0.15, 0.2) is 212 Å². The number of para-hydroxylation sites is 3. The molecule has 8 aromatic carbocycles. The average Bonchev–Trinajstić information content (AvgIpc) is 3.31. The maximum atomic E-state index is 7.08. The quantitative estimate of drug-likeness (QED) is 0.149. The lowest BCUT2D eigenvalue weighted by Crippen LogP contribution is -2.86. The summed E-state index contributed by atoms with van der Waals surface area (Å²) < 4.78 is 15.0. The van der Waals surface area contributed by atoms with Gasteiger partial charge < -0.3 is 18.9 Å². The molecule has 300 valence electrons. The van der Waals surface area contributed by atoms with E-state index >= 15 is 0 Å². The fourth-order valence-corrected chi connectivity index (χ4v) is 9.93. The molecule has 0 amide bonds. The molecule has 1 saturated heterocycles. The number of fused-ring (bicyclic) bond motifs is 2. The first-order valence-corrected chi connectivity index (χ1v) is 21.9. The molecule has 0 unspecified atom stereocenters. The monoisotopic (exact) mass is 801 g/mol. The van der Waals surface area contributed by atoms with Crippen LogP contribution in [0.3, 0.4) is 0 Å². The molecule has 0 aliphatic carbocycles. The number of nitrogens with zero attached hydrogens (tertiary/aromatic N) is 3. The van der Waals surface area contributed by atoms with Gasteiger partial charge in [0, 0.05) is 39.2 Å². The Kier molecular flexibility index (Phi) is 10.1. The van der Waals surface area contributed by atoms with Crippen molar-refractivity contribution in [2.75, 3.05) is 14.2 Å². The lowest BCUT2D eigenvalue weighted by Gasteiger charge is -2.57. The number of hydrogen-bond acceptors (Lipinski definition) is 4. The molecule has 0 radical (unpaired) electrons. The van der Waals surface area contributed by atoms with Gasteiger partial charge in [-0.05, 0) is 75.4 Å². The molecule has 0 bridgehead atoms. The molecular weight excluding hydrogens is 751 g/mol. The van der Waals surface area contributed by atoms with Gasteiger partial charge in [0.05, 0.1) is 0 Å². The van der Waals surface area contributed by atoms with Gasteiger partial charge in [0.1, 0.15) is 11.5 Å². The SMILES string of the molecule is CC(C)(C)c1ccc2c(c1-c1cccc(N3B(c4ccccc4)N(c4ccccc4)B(c4ccccc4)N(c4ccccc4)B3c3ccccc3)c1)Oc1ccccc1C2(C)C. The van der Waals surface area contributed by atoms with Gasteiger partial charge in [0.25, 0.3) is 0 Å². The van der Waals surface area contributed by atoms with E-state index in [4.69, 9.17) is 4.74 Å². The Labute approximate surface area is 368 Å². The topological polar surface area (TPSA) is 19.0 Å². The zero-order valence-corrected chi connectivity index (χ0v) is 36.2. The van der Waals surface area contributed by atoms with Crippen LogP contribution in [-0.4, -0.2) is 20.9 Å². The van der Waals surface area contributed by atoms with E-state index in [-0.39, 0.29) is 31.8 Å². The van der Waals surface area contributed by atoms with Crippen LogP contribution >= 0.6 is 0 Å². The number of anilines is 3. The summed E-state index contributed by atoms with van der Waals surface area (Å²) in [5.74, 6) is 1.86. The minimum Gasteiger partial charge on any atom is -0.456 e. The van der Waals surface area contributed by atoms with Crippen LogP contribution in [0, 0.1) is 0 Å². The number of benzene rings is 8. The molecule has 0 saturated carbocycles. The minimum atomic E-state index is -0.255. The fraction of sp³-hybridized carbons (Fsp3) is 0.127. The van der Waals surface area contributed by atoms with Crippen LogP contribution in [0.1, 0.15) is 51.3 Å². The Hall–Kier alpha value is -6.85. The van der Waals surface area contributed by atoms with E-state index in [1.165, 1.54) is 33.1 Å². The number of ether oxygens (including phenoxy) is 1. The van der Waals surface area contributed by atoms with Crippen LogP contribution in [0.25, 0.3) is 11.1 Å². The maximum Gasteiger partial charge on any atom is 0.388 e. The lowest BCUT2D eigenvalue weighted by atomic mass is 9.37. The summed E-state index contributed by atoms with van der Waals surface area (Å²) in [5, 5.41) is 0. The van der Waals surface area contributed by atoms with Gasteiger partial charge in [-0.1, -0.05) is 204 Å². The van der Waals surface area contributed by atoms with Gasteiger partial charge in [-0.3, -0.25) is 0 Å². The van der Waals surface area contributed by atoms with Gasteiger partial charge in [-0.25, -0.2) is 0 Å². The third kappa shape index (κ3) is 6.86. The van der Waals surface area contributed by atoms with E-state index in [1.807, 2.05) is 0 Å². The van der Waals surface area contributed by atoms with Crippen LogP contribution in [0.5, 0.6) is 11.5 Å². The van der Waals surface area contributed by atoms with E-state index in [9.17, 15) is 0 Å². The standard InChI is InChI=1S/C55H50B3N3O/c1-54(2,3)49-38-39-50-53(62-51-37-22-21-36-48(51)55(50,4)5)52(49)41-24-23-35-47(40-41)61-57(43-27-13-7-14-28-43)59(45-31-17-9-18-32-45)56(42-25-11-6-12-26-42)60(46-33-19-10-20-34-46)58(61)44-29-15-8-16-30-44/h6-40H,1-5H3. The highest BCUT2D eigenvalue weighted by atomic mass is 16.5. The van der Waals surface area contributed by atoms with Crippen molar-refractivity contribution < 1.29 is 4.74 Å². The summed E-state index contributed by atoms with van der Waals surface area (Å²) in [6, 6.07) is 77.4. The molecule has 2 heterocycles. The van der Waals surface area contributed by atoms with Gasteiger partial charge in [-0.15, -0.1) is 0 Å². The highest BCUT2D eigenvalue weighted by Gasteiger charge is 2.56. The first kappa shape index (κ1) is 39.3. The van der Waals surface area contributed by atoms with Gasteiger partial charge in [0.2, 0.25) is 0 Å². The predicted molar refractivity (Wildman–Crippen MR) is 265 cm³/mol. The highest BCUT2D eigenvalue weighted by Crippen LogP contribution is 2.54. The largest absolute Gasteiger partial charge is 0.456 e. The van der Waals surface area contributed by atoms with Crippen LogP contribution in [0.2, 0.25) is 0 Å². The Morgan fingerprint density at radius 3 is 1.32 bits per heavy atom. The number of rotatable bonds is 7. The third-order valence-corrected chi connectivity index (χ3v) is 12.8. The summed E-state index contributed by atoms with van der Waals surface area (Å²) in [5.41, 5.74) is 12.5. The fourth-order valence-electron chi connectivity index (χ4n) is 9.93. The first-order valence-electron chi connectivity index (χ1n) is 21.9. The second kappa shape index (κ2) is 15.9. The molecule has 0 atom stereocenters. The van der Waals surface area contributed by atoms with E-state index in [1.54, 1.807) is 0 Å². The van der Waals surface area contributed by atoms with Crippen LogP contribution in [0.4, 0.5) is 17.1 Å². The molecule has 1 fully saturated rings. The van der Waals surface area contributed by atoms with Crippen molar-refractivity contribution in [3.8, 4) is 22.6 Å². The summed E-state index contributed by atoms with van der Waals surface area (Å²) >= 11 is 0. The molecule has 2 aliphatic rings. The smallest absolute Gasteiger partial charge is 0.388 e. The minimum absolute atomic E-state index is 0.160. The van der Waals surface area contributed by atoms with Crippen molar-refractivity contribution in [1.29, 1.82) is 0 Å². The van der Waals surface area contributed by atoms with Crippen molar-refractivity contribution in [3.05, 3.63) is 229 Å². The Balaban J connectivity index is 1.28. The molecule has 7 heteroatoms. The summed E-state index contributed by atoms with van der Waals surface area (Å²) in [6.07, 6.45) is 0. The summed E-state index contributed by atoms with van der Waals surface area (Å²) in [4.78, 5) is 0. The highest BCUT2D eigenvalue weighted by molar-refractivity contribution is 7.14. The average molecular weight is 801 g/mol. The van der Waals surface area contributed by atoms with Crippen molar-refractivity contribution in [2.24, 2.45) is 0 Å². The summed E-state index contributed by atoms with van der Waals surface area (Å²) in [7, 11) is 0. The van der Waals surface area contributed by atoms with Gasteiger partial charge in [0.15, 0.2) is 0 Å². The Bertz CT molecular complexity index is 2730. The van der Waals surface area contributed by atoms with Crippen molar-refractivity contribution >= 4 is 54.4 Å². The van der Waals surface area contributed by atoms with E-state index in [0.29, 0.717) is 0 Å². The second-order valence-electron chi connectivity index (χ2n) is 18.1. The zero-order valence-electron chi connectivity index (χ0n) is 36.2. The van der Waals surface area contributed by atoms with Crippen molar-refractivity contribution in [1.82, 2.24) is 0 Å². The number of hydrogen-bond donors (Lipinski definition) is 0. The molecule has 10 rings (SSSR count). The Morgan fingerprint density at radius 2 is 0.839 bits per heavy atom. The normalized spacial score (nSPS) is 14.6. The molecule has 0 N–H and O–H groups in total. The first-order chi connectivity index (χ1) is 30.2.